The lowest BCUT2D eigenvalue weighted by Gasteiger charge is -2.48. The summed E-state index contributed by atoms with van der Waals surface area (Å²) in [6.07, 6.45) is 4.48. The molecule has 0 unspecified atom stereocenters. The van der Waals surface area contributed by atoms with Crippen molar-refractivity contribution in [1.82, 2.24) is 9.88 Å². The van der Waals surface area contributed by atoms with Crippen molar-refractivity contribution in [3.05, 3.63) is 77.5 Å². The Morgan fingerprint density at radius 1 is 0.944 bits per heavy atom. The van der Waals surface area contributed by atoms with Crippen LogP contribution in [0.2, 0.25) is 0 Å². The second-order valence-electron chi connectivity index (χ2n) is 11.1. The number of likely N-dealkylation sites (tertiary alicyclic amines) is 1. The maximum absolute atomic E-state index is 6.68. The van der Waals surface area contributed by atoms with Crippen LogP contribution >= 0.6 is 11.8 Å². The summed E-state index contributed by atoms with van der Waals surface area (Å²) in [5, 5.41) is 0. The highest BCUT2D eigenvalue weighted by atomic mass is 32.2. The van der Waals surface area contributed by atoms with Gasteiger partial charge in [0.1, 0.15) is 11.4 Å². The molecule has 2 aromatic carbocycles. The zero-order chi connectivity index (χ0) is 25.2. The Kier molecular flexibility index (Phi) is 7.32. The number of thioether (sulfide) groups is 1. The van der Waals surface area contributed by atoms with Crippen molar-refractivity contribution in [1.29, 1.82) is 0 Å². The first-order chi connectivity index (χ1) is 17.3. The Hall–Kier alpha value is -2.50. The van der Waals surface area contributed by atoms with E-state index in [9.17, 15) is 0 Å². The number of hydrogen-bond donors (Lipinski definition) is 0. The molecule has 36 heavy (non-hydrogen) atoms. The van der Waals surface area contributed by atoms with Crippen LogP contribution < -0.4 is 9.47 Å². The predicted molar refractivity (Wildman–Crippen MR) is 150 cm³/mol. The van der Waals surface area contributed by atoms with Gasteiger partial charge in [-0.1, -0.05) is 36.4 Å². The zero-order valence-corrected chi connectivity index (χ0v) is 22.9. The third-order valence-corrected chi connectivity index (χ3v) is 8.69. The maximum atomic E-state index is 6.68. The Labute approximate surface area is 220 Å². The quantitative estimate of drug-likeness (QED) is 0.358. The first-order valence-corrected chi connectivity index (χ1v) is 14.2. The summed E-state index contributed by atoms with van der Waals surface area (Å²) in [7, 11) is 1.66. The number of fused-ring (bicyclic) bond motifs is 1. The average molecular weight is 503 g/mol. The minimum absolute atomic E-state index is 0.0238. The van der Waals surface area contributed by atoms with E-state index in [1.54, 1.807) is 7.11 Å². The molecule has 1 aromatic heterocycles. The molecule has 2 aliphatic rings. The van der Waals surface area contributed by atoms with Gasteiger partial charge >= 0.3 is 0 Å². The molecule has 5 heteroatoms. The molecule has 0 bridgehead atoms. The summed E-state index contributed by atoms with van der Waals surface area (Å²) in [6, 6.07) is 21.7. The number of methoxy groups -OCH3 is 1. The van der Waals surface area contributed by atoms with Crippen LogP contribution in [0.5, 0.6) is 11.6 Å². The second kappa shape index (κ2) is 10.5. The molecule has 1 spiro atoms. The van der Waals surface area contributed by atoms with Crippen molar-refractivity contribution in [3.8, 4) is 22.8 Å². The number of rotatable bonds is 6. The number of hydrogen-bond acceptors (Lipinski definition) is 5. The van der Waals surface area contributed by atoms with Gasteiger partial charge in [0, 0.05) is 36.2 Å². The molecule has 4 nitrogen and oxygen atoms in total. The lowest BCUT2D eigenvalue weighted by atomic mass is 9.81. The molecule has 0 N–H and O–H groups in total. The summed E-state index contributed by atoms with van der Waals surface area (Å²) in [6.45, 7) is 9.19. The highest BCUT2D eigenvalue weighted by molar-refractivity contribution is 7.97. The number of nitrogens with zero attached hydrogens (tertiary/aromatic N) is 2. The second-order valence-corrected chi connectivity index (χ2v) is 12.1. The van der Waals surface area contributed by atoms with E-state index in [4.69, 9.17) is 9.47 Å². The number of aromatic nitrogens is 1. The van der Waals surface area contributed by atoms with E-state index in [-0.39, 0.29) is 11.1 Å². The van der Waals surface area contributed by atoms with Crippen LogP contribution in [-0.2, 0) is 17.9 Å². The van der Waals surface area contributed by atoms with Crippen molar-refractivity contribution in [2.24, 2.45) is 0 Å². The normalized spacial score (nSPS) is 17.4. The molecular weight excluding hydrogens is 464 g/mol. The molecule has 190 valence electrons. The lowest BCUT2D eigenvalue weighted by Crippen LogP contribution is -2.54. The van der Waals surface area contributed by atoms with Crippen molar-refractivity contribution in [2.45, 2.75) is 69.1 Å². The van der Waals surface area contributed by atoms with E-state index in [0.717, 1.165) is 61.7 Å². The van der Waals surface area contributed by atoms with Gasteiger partial charge in [0.2, 0.25) is 5.88 Å². The molecule has 0 radical (unpaired) electrons. The monoisotopic (exact) mass is 502 g/mol. The molecule has 2 aliphatic heterocycles. The number of piperidine rings is 1. The number of aryl methyl sites for hydroxylation is 1. The third kappa shape index (κ3) is 5.73. The summed E-state index contributed by atoms with van der Waals surface area (Å²) in [5.74, 6) is 3.60. The molecule has 1 fully saturated rings. The summed E-state index contributed by atoms with van der Waals surface area (Å²) in [4.78, 5) is 7.09. The van der Waals surface area contributed by atoms with E-state index in [1.165, 1.54) is 22.3 Å². The van der Waals surface area contributed by atoms with Crippen LogP contribution in [0.15, 0.2) is 60.7 Å². The molecule has 3 heterocycles. The molecule has 5 rings (SSSR count). The van der Waals surface area contributed by atoms with Crippen molar-refractivity contribution < 1.29 is 9.47 Å². The van der Waals surface area contributed by atoms with Crippen LogP contribution in [0.25, 0.3) is 11.1 Å². The zero-order valence-electron chi connectivity index (χ0n) is 22.0. The molecule has 0 aliphatic carbocycles. The smallest absolute Gasteiger partial charge is 0.213 e. The summed E-state index contributed by atoms with van der Waals surface area (Å²) < 4.78 is 11.9. The topological polar surface area (TPSA) is 34.6 Å². The summed E-state index contributed by atoms with van der Waals surface area (Å²) in [5.41, 5.74) is 6.53. The predicted octanol–water partition coefficient (Wildman–Crippen LogP) is 7.15. The fraction of sp³-hybridized carbons (Fsp3) is 0.452. The van der Waals surface area contributed by atoms with Gasteiger partial charge in [-0.25, -0.2) is 4.98 Å². The van der Waals surface area contributed by atoms with Crippen LogP contribution in [-0.4, -0.2) is 41.2 Å². The minimum atomic E-state index is 0.0238. The minimum Gasteiger partial charge on any atom is -0.487 e. The third-order valence-electron chi connectivity index (χ3n) is 7.66. The molecule has 0 amide bonds. The Morgan fingerprint density at radius 3 is 2.42 bits per heavy atom. The van der Waals surface area contributed by atoms with Crippen LogP contribution in [0, 0.1) is 0 Å². The van der Waals surface area contributed by atoms with Crippen molar-refractivity contribution in [2.75, 3.05) is 20.2 Å². The van der Waals surface area contributed by atoms with Gasteiger partial charge in [0.25, 0.3) is 0 Å². The Balaban J connectivity index is 1.18. The largest absolute Gasteiger partial charge is 0.487 e. The maximum Gasteiger partial charge on any atom is 0.213 e. The highest BCUT2D eigenvalue weighted by Gasteiger charge is 2.41. The van der Waals surface area contributed by atoms with E-state index in [0.29, 0.717) is 5.88 Å². The van der Waals surface area contributed by atoms with Gasteiger partial charge < -0.3 is 9.47 Å². The van der Waals surface area contributed by atoms with Crippen LogP contribution in [0.4, 0.5) is 0 Å². The van der Waals surface area contributed by atoms with Crippen molar-refractivity contribution in [3.63, 3.8) is 0 Å². The fourth-order valence-corrected chi connectivity index (χ4v) is 6.26. The van der Waals surface area contributed by atoms with E-state index < -0.39 is 0 Å². The summed E-state index contributed by atoms with van der Waals surface area (Å²) >= 11 is 1.87. The van der Waals surface area contributed by atoms with Gasteiger partial charge in [-0.2, -0.15) is 11.8 Å². The highest BCUT2D eigenvalue weighted by Crippen LogP contribution is 2.41. The standard InChI is InChI=1S/C31H38N2O2S/c1-30(2,3)33-18-16-31(17-19-33)15-14-26-20-25(12-13-28(26)35-31)24-10-8-23(9-11-24)21-36-22-27-6-5-7-29(32-27)34-4/h5-13,20H,14-19,21-22H2,1-4H3. The van der Waals surface area contributed by atoms with E-state index >= 15 is 0 Å². The SMILES string of the molecule is COc1cccc(CSCc2ccc(-c3ccc4c(c3)CCC3(CCN(C(C)(C)C)CC3)O4)cc2)n1. The molecule has 0 atom stereocenters. The number of benzene rings is 2. The first kappa shape index (κ1) is 25.2. The number of pyridine rings is 1. The molecular formula is C31H38N2O2S. The lowest BCUT2D eigenvalue weighted by molar-refractivity contribution is -0.0355. The number of ether oxygens (including phenoxy) is 2. The first-order valence-electron chi connectivity index (χ1n) is 13.1. The van der Waals surface area contributed by atoms with Crippen molar-refractivity contribution >= 4 is 11.8 Å². The van der Waals surface area contributed by atoms with Gasteiger partial charge in [-0.15, -0.1) is 0 Å². The van der Waals surface area contributed by atoms with Crippen LogP contribution in [0.1, 0.15) is 56.9 Å². The molecule has 0 saturated carbocycles. The van der Waals surface area contributed by atoms with Crippen LogP contribution in [0.3, 0.4) is 0 Å². The Bertz CT molecular complexity index is 1180. The van der Waals surface area contributed by atoms with Gasteiger partial charge in [0.05, 0.1) is 12.8 Å². The average Bonchev–Trinajstić information content (AvgIpc) is 2.89. The van der Waals surface area contributed by atoms with Gasteiger partial charge in [-0.05, 0) is 86.9 Å². The molecule has 1 saturated heterocycles. The van der Waals surface area contributed by atoms with Gasteiger partial charge in [-0.3, -0.25) is 4.90 Å². The fourth-order valence-electron chi connectivity index (χ4n) is 5.36. The Morgan fingerprint density at radius 2 is 1.69 bits per heavy atom. The van der Waals surface area contributed by atoms with E-state index in [1.807, 2.05) is 23.9 Å². The van der Waals surface area contributed by atoms with Gasteiger partial charge in [0.15, 0.2) is 0 Å². The van der Waals surface area contributed by atoms with E-state index in [2.05, 4.69) is 79.2 Å². The molecule has 3 aromatic rings.